The van der Waals surface area contributed by atoms with Crippen molar-refractivity contribution in [2.24, 2.45) is 7.05 Å². The Balaban J connectivity index is 1.64. The topological polar surface area (TPSA) is 51.5 Å². The zero-order valence-electron chi connectivity index (χ0n) is 15.8. The van der Waals surface area contributed by atoms with Crippen LogP contribution in [-0.2, 0) is 30.0 Å². The number of hydrogen-bond donors (Lipinski definition) is 0. The Kier molecular flexibility index (Phi) is 4.48. The first-order valence-electron chi connectivity index (χ1n) is 9.20. The monoisotopic (exact) mass is 384 g/mol. The number of benzene rings is 2. The van der Waals surface area contributed by atoms with E-state index in [1.165, 1.54) is 10.9 Å². The Labute approximate surface area is 160 Å². The van der Waals surface area contributed by atoms with Crippen molar-refractivity contribution in [1.29, 1.82) is 0 Å². The quantitative estimate of drug-likeness (QED) is 0.689. The second kappa shape index (κ2) is 6.69. The number of nitrogens with zero attached hydrogens (tertiary/aromatic N) is 2. The minimum Gasteiger partial charge on any atom is -0.491 e. The van der Waals surface area contributed by atoms with Crippen molar-refractivity contribution in [2.45, 2.75) is 37.8 Å². The van der Waals surface area contributed by atoms with Gasteiger partial charge in [-0.2, -0.15) is 4.31 Å². The van der Waals surface area contributed by atoms with E-state index in [1.54, 1.807) is 28.6 Å². The summed E-state index contributed by atoms with van der Waals surface area (Å²) in [5.74, 6) is 0.679. The molecule has 3 aromatic rings. The molecule has 4 rings (SSSR count). The molecule has 1 aromatic heterocycles. The highest BCUT2D eigenvalue weighted by atomic mass is 32.2. The summed E-state index contributed by atoms with van der Waals surface area (Å²) in [4.78, 5) is 0.306. The third kappa shape index (κ3) is 3.13. The van der Waals surface area contributed by atoms with Gasteiger partial charge in [-0.3, -0.25) is 0 Å². The number of rotatable bonds is 4. The van der Waals surface area contributed by atoms with Gasteiger partial charge in [-0.15, -0.1) is 0 Å². The summed E-state index contributed by atoms with van der Waals surface area (Å²) in [6, 6.07) is 15.0. The van der Waals surface area contributed by atoms with Gasteiger partial charge in [0, 0.05) is 30.2 Å². The lowest BCUT2D eigenvalue weighted by Gasteiger charge is -2.27. The molecular formula is C21H24N2O3S. The van der Waals surface area contributed by atoms with Crippen molar-refractivity contribution in [3.05, 3.63) is 59.8 Å². The number of fused-ring (bicyclic) bond motifs is 3. The van der Waals surface area contributed by atoms with E-state index < -0.39 is 10.0 Å². The second-order valence-corrected chi connectivity index (χ2v) is 9.17. The Morgan fingerprint density at radius 2 is 1.74 bits per heavy atom. The van der Waals surface area contributed by atoms with Crippen LogP contribution in [0, 0.1) is 0 Å². The number of sulfonamides is 1. The summed E-state index contributed by atoms with van der Waals surface area (Å²) in [5, 5.41) is 1.22. The Morgan fingerprint density at radius 1 is 1.04 bits per heavy atom. The summed E-state index contributed by atoms with van der Waals surface area (Å²) in [6.07, 6.45) is 0.782. The van der Waals surface area contributed by atoms with Crippen molar-refractivity contribution in [1.82, 2.24) is 8.87 Å². The Bertz CT molecular complexity index is 1080. The van der Waals surface area contributed by atoms with Crippen LogP contribution in [0.1, 0.15) is 25.1 Å². The first-order chi connectivity index (χ1) is 12.9. The largest absolute Gasteiger partial charge is 0.491 e. The zero-order chi connectivity index (χ0) is 19.2. The molecule has 1 aliphatic rings. The van der Waals surface area contributed by atoms with Gasteiger partial charge in [0.15, 0.2) is 0 Å². The van der Waals surface area contributed by atoms with E-state index in [1.807, 2.05) is 33.0 Å². The molecule has 0 unspecified atom stereocenters. The van der Waals surface area contributed by atoms with Gasteiger partial charge in [0.1, 0.15) is 5.75 Å². The molecule has 0 radical (unpaired) electrons. The Hall–Kier alpha value is -2.31. The molecule has 0 saturated heterocycles. The first kappa shape index (κ1) is 18.1. The summed E-state index contributed by atoms with van der Waals surface area (Å²) < 4.78 is 35.6. The van der Waals surface area contributed by atoms with Gasteiger partial charge >= 0.3 is 0 Å². The average molecular weight is 385 g/mol. The van der Waals surface area contributed by atoms with Crippen LogP contribution >= 0.6 is 0 Å². The van der Waals surface area contributed by atoms with Crippen LogP contribution in [0.4, 0.5) is 0 Å². The summed E-state index contributed by atoms with van der Waals surface area (Å²) in [5.41, 5.74) is 3.49. The molecule has 2 aromatic carbocycles. The molecule has 0 spiro atoms. The lowest BCUT2D eigenvalue weighted by atomic mass is 10.1. The number of aryl methyl sites for hydroxylation is 1. The molecule has 0 saturated carbocycles. The number of para-hydroxylation sites is 1. The standard InChI is InChI=1S/C21H24N2O3S/c1-15(2)26-16-8-10-17(11-9-16)27(24,25)23-13-12-19-18-6-4-5-7-20(18)22(3)21(19)14-23/h4-11,15H,12-14H2,1-3H3. The summed E-state index contributed by atoms with van der Waals surface area (Å²) in [7, 11) is -1.53. The van der Waals surface area contributed by atoms with Gasteiger partial charge in [0.2, 0.25) is 10.0 Å². The Morgan fingerprint density at radius 3 is 2.44 bits per heavy atom. The van der Waals surface area contributed by atoms with Gasteiger partial charge in [-0.1, -0.05) is 18.2 Å². The molecule has 27 heavy (non-hydrogen) atoms. The molecule has 5 nitrogen and oxygen atoms in total. The molecule has 1 aliphatic heterocycles. The second-order valence-electron chi connectivity index (χ2n) is 7.23. The molecule has 6 heteroatoms. The van der Waals surface area contributed by atoms with Crippen LogP contribution in [0.5, 0.6) is 5.75 Å². The summed E-state index contributed by atoms with van der Waals surface area (Å²) in [6.45, 7) is 4.78. The van der Waals surface area contributed by atoms with Gasteiger partial charge in [-0.05, 0) is 56.2 Å². The van der Waals surface area contributed by atoms with Crippen LogP contribution in [0.3, 0.4) is 0 Å². The van der Waals surface area contributed by atoms with Crippen molar-refractivity contribution in [3.8, 4) is 5.75 Å². The van der Waals surface area contributed by atoms with E-state index in [0.717, 1.165) is 17.6 Å². The van der Waals surface area contributed by atoms with Crippen molar-refractivity contribution >= 4 is 20.9 Å². The van der Waals surface area contributed by atoms with E-state index in [0.29, 0.717) is 23.7 Å². The highest BCUT2D eigenvalue weighted by Gasteiger charge is 2.31. The fourth-order valence-electron chi connectivity index (χ4n) is 3.80. The van der Waals surface area contributed by atoms with Gasteiger partial charge in [-0.25, -0.2) is 8.42 Å². The van der Waals surface area contributed by atoms with E-state index in [-0.39, 0.29) is 6.10 Å². The molecular weight excluding hydrogens is 360 g/mol. The van der Waals surface area contributed by atoms with Crippen molar-refractivity contribution in [3.63, 3.8) is 0 Å². The van der Waals surface area contributed by atoms with Gasteiger partial charge in [0.25, 0.3) is 0 Å². The minimum absolute atomic E-state index is 0.0550. The molecule has 0 N–H and O–H groups in total. The van der Waals surface area contributed by atoms with E-state index >= 15 is 0 Å². The zero-order valence-corrected chi connectivity index (χ0v) is 16.7. The molecule has 0 fully saturated rings. The maximum Gasteiger partial charge on any atom is 0.243 e. The minimum atomic E-state index is -3.54. The smallest absolute Gasteiger partial charge is 0.243 e. The maximum atomic E-state index is 13.1. The SMILES string of the molecule is CC(C)Oc1ccc(S(=O)(=O)N2CCc3c(n(C)c4ccccc34)C2)cc1. The average Bonchev–Trinajstić information content (AvgIpc) is 2.94. The van der Waals surface area contributed by atoms with Crippen LogP contribution in [-0.4, -0.2) is 29.9 Å². The fourth-order valence-corrected chi connectivity index (χ4v) is 5.21. The molecule has 0 bridgehead atoms. The molecule has 0 aliphatic carbocycles. The predicted octanol–water partition coefficient (Wildman–Crippen LogP) is 3.71. The van der Waals surface area contributed by atoms with Crippen LogP contribution in [0.25, 0.3) is 10.9 Å². The lowest BCUT2D eigenvalue weighted by molar-refractivity contribution is 0.242. The number of ether oxygens (including phenoxy) is 1. The van der Waals surface area contributed by atoms with Crippen molar-refractivity contribution < 1.29 is 13.2 Å². The van der Waals surface area contributed by atoms with Crippen molar-refractivity contribution in [2.75, 3.05) is 6.54 Å². The van der Waals surface area contributed by atoms with E-state index in [4.69, 9.17) is 4.74 Å². The van der Waals surface area contributed by atoms with E-state index in [2.05, 4.69) is 16.7 Å². The highest BCUT2D eigenvalue weighted by Crippen LogP contribution is 2.32. The highest BCUT2D eigenvalue weighted by molar-refractivity contribution is 7.89. The van der Waals surface area contributed by atoms with E-state index in [9.17, 15) is 8.42 Å². The molecule has 0 atom stereocenters. The number of aromatic nitrogens is 1. The van der Waals surface area contributed by atoms with Gasteiger partial charge in [0.05, 0.1) is 17.5 Å². The molecule has 142 valence electrons. The number of hydrogen-bond acceptors (Lipinski definition) is 3. The third-order valence-corrected chi connectivity index (χ3v) is 6.97. The normalized spacial score (nSPS) is 15.3. The van der Waals surface area contributed by atoms with Crippen LogP contribution < -0.4 is 4.74 Å². The molecule has 0 amide bonds. The predicted molar refractivity (Wildman–Crippen MR) is 106 cm³/mol. The third-order valence-electron chi connectivity index (χ3n) is 5.11. The first-order valence-corrected chi connectivity index (χ1v) is 10.6. The maximum absolute atomic E-state index is 13.1. The fraction of sp³-hybridized carbons (Fsp3) is 0.333. The van der Waals surface area contributed by atoms with Gasteiger partial charge < -0.3 is 9.30 Å². The molecule has 2 heterocycles. The van der Waals surface area contributed by atoms with Crippen LogP contribution in [0.2, 0.25) is 0 Å². The lowest BCUT2D eigenvalue weighted by Crippen LogP contribution is -2.36. The summed E-state index contributed by atoms with van der Waals surface area (Å²) >= 11 is 0. The van der Waals surface area contributed by atoms with Crippen LogP contribution in [0.15, 0.2) is 53.4 Å².